The predicted molar refractivity (Wildman–Crippen MR) is 70.0 cm³/mol. The van der Waals surface area contributed by atoms with Gasteiger partial charge in [-0.1, -0.05) is 23.8 Å². The first-order valence-electron chi connectivity index (χ1n) is 6.15. The second-order valence-electron chi connectivity index (χ2n) is 4.62. The van der Waals surface area contributed by atoms with Crippen molar-refractivity contribution in [3.05, 3.63) is 34.9 Å². The van der Waals surface area contributed by atoms with Crippen LogP contribution in [0.2, 0.25) is 0 Å². The lowest BCUT2D eigenvalue weighted by molar-refractivity contribution is 0.134. The van der Waals surface area contributed by atoms with Gasteiger partial charge < -0.3 is 15.5 Å². The van der Waals surface area contributed by atoms with Crippen LogP contribution in [0.5, 0.6) is 0 Å². The summed E-state index contributed by atoms with van der Waals surface area (Å²) in [5.41, 5.74) is 3.30. The topological polar surface area (TPSA) is 52.5 Å². The number of hydrogen-bond acceptors (Lipinski definition) is 3. The fourth-order valence-electron chi connectivity index (χ4n) is 1.95. The lowest BCUT2D eigenvalue weighted by Gasteiger charge is -2.22. The number of aryl methyl sites for hydroxylation is 2. The van der Waals surface area contributed by atoms with Gasteiger partial charge in [0.1, 0.15) is 0 Å². The first kappa shape index (κ1) is 14.2. The highest BCUT2D eigenvalue weighted by atomic mass is 16.3. The molecule has 1 aromatic carbocycles. The first-order valence-corrected chi connectivity index (χ1v) is 6.15. The zero-order valence-electron chi connectivity index (χ0n) is 10.9. The Morgan fingerprint density at radius 3 is 2.59 bits per heavy atom. The van der Waals surface area contributed by atoms with Gasteiger partial charge >= 0.3 is 0 Å². The third kappa shape index (κ3) is 4.11. The molecule has 96 valence electrons. The van der Waals surface area contributed by atoms with Gasteiger partial charge in [0, 0.05) is 12.6 Å². The summed E-state index contributed by atoms with van der Waals surface area (Å²) in [5, 5.41) is 22.2. The molecule has 2 unspecified atom stereocenters. The van der Waals surface area contributed by atoms with Crippen molar-refractivity contribution < 1.29 is 10.2 Å². The van der Waals surface area contributed by atoms with Crippen LogP contribution in [0.4, 0.5) is 0 Å². The normalized spacial score (nSPS) is 14.6. The maximum atomic E-state index is 10.2. The van der Waals surface area contributed by atoms with E-state index >= 15 is 0 Å². The maximum absolute atomic E-state index is 10.2. The Morgan fingerprint density at radius 2 is 2.00 bits per heavy atom. The van der Waals surface area contributed by atoms with Crippen LogP contribution >= 0.6 is 0 Å². The van der Waals surface area contributed by atoms with Crippen LogP contribution in [-0.2, 0) is 0 Å². The van der Waals surface area contributed by atoms with Gasteiger partial charge in [0.05, 0.1) is 6.10 Å². The molecular formula is C14H23NO2. The molecule has 0 saturated heterocycles. The summed E-state index contributed by atoms with van der Waals surface area (Å²) in [6, 6.07) is 6.08. The van der Waals surface area contributed by atoms with Crippen LogP contribution in [0.1, 0.15) is 36.1 Å². The standard InChI is InChI=1S/C14H23NO2/c1-10-5-6-13(11(2)9-10)14(17)12(3)15-7-4-8-16/h5-6,9,12,14-17H,4,7-8H2,1-3H3. The molecule has 2 atom stereocenters. The van der Waals surface area contributed by atoms with Gasteiger partial charge in [0.25, 0.3) is 0 Å². The zero-order valence-corrected chi connectivity index (χ0v) is 10.9. The summed E-state index contributed by atoms with van der Waals surface area (Å²) in [6.45, 7) is 6.93. The van der Waals surface area contributed by atoms with Gasteiger partial charge in [-0.25, -0.2) is 0 Å². The van der Waals surface area contributed by atoms with Crippen molar-refractivity contribution in [2.24, 2.45) is 0 Å². The Hall–Kier alpha value is -0.900. The quantitative estimate of drug-likeness (QED) is 0.660. The lowest BCUT2D eigenvalue weighted by atomic mass is 9.97. The molecule has 0 aromatic heterocycles. The van der Waals surface area contributed by atoms with E-state index in [9.17, 15) is 5.11 Å². The molecule has 0 aliphatic heterocycles. The Balaban J connectivity index is 2.64. The highest BCUT2D eigenvalue weighted by Gasteiger charge is 2.17. The van der Waals surface area contributed by atoms with E-state index in [1.165, 1.54) is 5.56 Å². The number of aliphatic hydroxyl groups is 2. The minimum absolute atomic E-state index is 0.0112. The van der Waals surface area contributed by atoms with E-state index in [1.54, 1.807) is 0 Å². The van der Waals surface area contributed by atoms with Crippen molar-refractivity contribution in [3.63, 3.8) is 0 Å². The molecule has 1 aromatic rings. The molecule has 0 bridgehead atoms. The Morgan fingerprint density at radius 1 is 1.29 bits per heavy atom. The third-order valence-electron chi connectivity index (χ3n) is 3.02. The molecule has 0 aliphatic carbocycles. The van der Waals surface area contributed by atoms with Crippen LogP contribution in [0.25, 0.3) is 0 Å². The van der Waals surface area contributed by atoms with E-state index in [-0.39, 0.29) is 12.6 Å². The monoisotopic (exact) mass is 237 g/mol. The summed E-state index contributed by atoms with van der Waals surface area (Å²) >= 11 is 0. The SMILES string of the molecule is Cc1ccc(C(O)C(C)NCCCO)c(C)c1. The fourth-order valence-corrected chi connectivity index (χ4v) is 1.95. The van der Waals surface area contributed by atoms with Crippen molar-refractivity contribution in [1.82, 2.24) is 5.32 Å². The van der Waals surface area contributed by atoms with Gasteiger partial charge in [-0.05, 0) is 44.9 Å². The van der Waals surface area contributed by atoms with Gasteiger partial charge in [-0.15, -0.1) is 0 Å². The van der Waals surface area contributed by atoms with Gasteiger partial charge in [0.15, 0.2) is 0 Å². The van der Waals surface area contributed by atoms with E-state index in [0.29, 0.717) is 6.42 Å². The molecule has 3 heteroatoms. The van der Waals surface area contributed by atoms with Crippen LogP contribution in [-0.4, -0.2) is 29.4 Å². The second kappa shape index (κ2) is 6.74. The summed E-state index contributed by atoms with van der Waals surface area (Å²) < 4.78 is 0. The third-order valence-corrected chi connectivity index (χ3v) is 3.02. The average Bonchev–Trinajstić information content (AvgIpc) is 2.28. The van der Waals surface area contributed by atoms with E-state index in [1.807, 2.05) is 32.9 Å². The molecule has 0 fully saturated rings. The predicted octanol–water partition coefficient (Wildman–Crippen LogP) is 1.70. The van der Waals surface area contributed by atoms with Gasteiger partial charge in [0.2, 0.25) is 0 Å². The van der Waals surface area contributed by atoms with E-state index < -0.39 is 6.10 Å². The van der Waals surface area contributed by atoms with Crippen molar-refractivity contribution >= 4 is 0 Å². The fraction of sp³-hybridized carbons (Fsp3) is 0.571. The number of hydrogen-bond donors (Lipinski definition) is 3. The molecular weight excluding hydrogens is 214 g/mol. The highest BCUT2D eigenvalue weighted by Crippen LogP contribution is 2.21. The molecule has 0 amide bonds. The van der Waals surface area contributed by atoms with Crippen LogP contribution in [0.3, 0.4) is 0 Å². The summed E-state index contributed by atoms with van der Waals surface area (Å²) in [5.74, 6) is 0. The van der Waals surface area contributed by atoms with E-state index in [4.69, 9.17) is 5.11 Å². The molecule has 0 saturated carbocycles. The smallest absolute Gasteiger partial charge is 0.0942 e. The number of nitrogens with one attached hydrogen (secondary N) is 1. The lowest BCUT2D eigenvalue weighted by Crippen LogP contribution is -2.33. The molecule has 0 heterocycles. The number of aliphatic hydroxyl groups excluding tert-OH is 2. The Kier molecular flexibility index (Phi) is 5.62. The number of rotatable bonds is 6. The first-order chi connectivity index (χ1) is 8.06. The van der Waals surface area contributed by atoms with Crippen molar-refractivity contribution in [1.29, 1.82) is 0 Å². The zero-order chi connectivity index (χ0) is 12.8. The van der Waals surface area contributed by atoms with E-state index in [2.05, 4.69) is 11.4 Å². The molecule has 3 N–H and O–H groups in total. The largest absolute Gasteiger partial charge is 0.396 e. The highest BCUT2D eigenvalue weighted by molar-refractivity contribution is 5.32. The van der Waals surface area contributed by atoms with Crippen LogP contribution in [0, 0.1) is 13.8 Å². The van der Waals surface area contributed by atoms with Crippen LogP contribution in [0.15, 0.2) is 18.2 Å². The summed E-state index contributed by atoms with van der Waals surface area (Å²) in [6.07, 6.45) is 0.207. The second-order valence-corrected chi connectivity index (χ2v) is 4.62. The molecule has 0 spiro atoms. The van der Waals surface area contributed by atoms with Gasteiger partial charge in [-0.3, -0.25) is 0 Å². The Labute approximate surface area is 103 Å². The van der Waals surface area contributed by atoms with Crippen molar-refractivity contribution in [2.75, 3.05) is 13.2 Å². The number of benzene rings is 1. The minimum Gasteiger partial charge on any atom is -0.396 e. The summed E-state index contributed by atoms with van der Waals surface area (Å²) in [4.78, 5) is 0. The minimum atomic E-state index is -0.505. The molecule has 3 nitrogen and oxygen atoms in total. The van der Waals surface area contributed by atoms with Crippen molar-refractivity contribution in [2.45, 2.75) is 39.3 Å². The molecule has 1 rings (SSSR count). The molecule has 17 heavy (non-hydrogen) atoms. The maximum Gasteiger partial charge on any atom is 0.0942 e. The van der Waals surface area contributed by atoms with Crippen LogP contribution < -0.4 is 5.32 Å². The summed E-state index contributed by atoms with van der Waals surface area (Å²) in [7, 11) is 0. The Bertz CT molecular complexity index is 352. The average molecular weight is 237 g/mol. The van der Waals surface area contributed by atoms with Crippen molar-refractivity contribution in [3.8, 4) is 0 Å². The van der Waals surface area contributed by atoms with E-state index in [0.717, 1.165) is 17.7 Å². The molecule has 0 aliphatic rings. The van der Waals surface area contributed by atoms with Gasteiger partial charge in [-0.2, -0.15) is 0 Å². The molecule has 0 radical (unpaired) electrons.